The normalized spacial score (nSPS) is 20.1. The number of carbonyl (C=O) groups is 1. The Bertz CT molecular complexity index is 909. The fourth-order valence-electron chi connectivity index (χ4n) is 3.63. The first-order chi connectivity index (χ1) is 13.1. The van der Waals surface area contributed by atoms with Crippen molar-refractivity contribution in [1.29, 1.82) is 0 Å². The van der Waals surface area contributed by atoms with Gasteiger partial charge in [-0.1, -0.05) is 48.6 Å². The zero-order chi connectivity index (χ0) is 18.8. The highest BCUT2D eigenvalue weighted by Gasteiger charge is 2.37. The van der Waals surface area contributed by atoms with Crippen molar-refractivity contribution in [3.05, 3.63) is 76.8 Å². The number of amides is 1. The maximum Gasteiger partial charge on any atom is 0.255 e. The van der Waals surface area contributed by atoms with Crippen LogP contribution in [0.25, 0.3) is 0 Å². The van der Waals surface area contributed by atoms with E-state index >= 15 is 0 Å². The Morgan fingerprint density at radius 3 is 2.78 bits per heavy atom. The predicted octanol–water partition coefficient (Wildman–Crippen LogP) is 2.29. The Labute approximate surface area is 164 Å². The number of pyridine rings is 1. The first-order valence-corrected chi connectivity index (χ1v) is 9.54. The van der Waals surface area contributed by atoms with Crippen LogP contribution in [0.5, 0.6) is 0 Å². The second-order valence-corrected chi connectivity index (χ2v) is 7.41. The van der Waals surface area contributed by atoms with E-state index in [1.165, 1.54) is 5.56 Å². The fourth-order valence-corrected chi connectivity index (χ4v) is 3.96. The van der Waals surface area contributed by atoms with Gasteiger partial charge >= 0.3 is 0 Å². The molecule has 1 amide bonds. The van der Waals surface area contributed by atoms with E-state index in [1.54, 1.807) is 0 Å². The average molecular weight is 379 g/mol. The molecule has 27 heavy (non-hydrogen) atoms. The molecule has 0 fully saturated rings. The largest absolute Gasteiger partial charge is 0.374 e. The van der Waals surface area contributed by atoms with E-state index in [4.69, 9.17) is 12.2 Å². The summed E-state index contributed by atoms with van der Waals surface area (Å²) in [4.78, 5) is 20.0. The lowest BCUT2D eigenvalue weighted by Gasteiger charge is -2.37. The fraction of sp³-hybridized carbons (Fsp3) is 0.286. The molecule has 0 radical (unpaired) electrons. The minimum Gasteiger partial charge on any atom is -0.374 e. The van der Waals surface area contributed by atoms with Crippen LogP contribution in [-0.2, 0) is 11.2 Å². The van der Waals surface area contributed by atoms with Crippen LogP contribution >= 0.6 is 12.2 Å². The molecular formula is C21H22N4OS. The van der Waals surface area contributed by atoms with Gasteiger partial charge in [0.05, 0.1) is 28.8 Å². The van der Waals surface area contributed by atoms with E-state index in [1.807, 2.05) is 31.2 Å². The van der Waals surface area contributed by atoms with Crippen LogP contribution in [0.4, 0.5) is 0 Å². The average Bonchev–Trinajstić information content (AvgIpc) is 2.67. The van der Waals surface area contributed by atoms with Crippen LogP contribution in [0.15, 0.2) is 59.8 Å². The third-order valence-electron chi connectivity index (χ3n) is 5.03. The number of aromatic nitrogens is 1. The second-order valence-electron chi connectivity index (χ2n) is 6.97. The molecular weight excluding hydrogens is 356 g/mol. The number of aryl methyl sites for hydroxylation is 1. The first kappa shape index (κ1) is 17.8. The minimum atomic E-state index is -0.191. The zero-order valence-electron chi connectivity index (χ0n) is 15.2. The lowest BCUT2D eigenvalue weighted by atomic mass is 9.91. The van der Waals surface area contributed by atoms with E-state index in [-0.39, 0.29) is 11.8 Å². The molecule has 138 valence electrons. The third kappa shape index (κ3) is 3.77. The molecule has 0 bridgehead atoms. The van der Waals surface area contributed by atoms with Gasteiger partial charge in [0.2, 0.25) is 0 Å². The second kappa shape index (κ2) is 7.58. The minimum absolute atomic E-state index is 0.101. The van der Waals surface area contributed by atoms with E-state index in [9.17, 15) is 4.79 Å². The van der Waals surface area contributed by atoms with E-state index in [0.29, 0.717) is 18.2 Å². The van der Waals surface area contributed by atoms with Crippen molar-refractivity contribution in [2.24, 2.45) is 0 Å². The third-order valence-corrected chi connectivity index (χ3v) is 5.36. The number of benzene rings is 1. The van der Waals surface area contributed by atoms with Gasteiger partial charge < -0.3 is 10.6 Å². The number of thiocarbonyl (C=S) groups is 1. The lowest BCUT2D eigenvalue weighted by Crippen LogP contribution is -2.52. The van der Waals surface area contributed by atoms with Gasteiger partial charge in [-0.05, 0) is 31.0 Å². The Balaban J connectivity index is 1.55. The summed E-state index contributed by atoms with van der Waals surface area (Å²) in [7, 11) is 0. The van der Waals surface area contributed by atoms with Crippen molar-refractivity contribution in [1.82, 2.24) is 20.5 Å². The maximum absolute atomic E-state index is 12.6. The maximum atomic E-state index is 12.6. The van der Waals surface area contributed by atoms with Crippen molar-refractivity contribution in [2.45, 2.75) is 19.3 Å². The van der Waals surface area contributed by atoms with Gasteiger partial charge in [-0.3, -0.25) is 14.7 Å². The van der Waals surface area contributed by atoms with Gasteiger partial charge in [-0.25, -0.2) is 0 Å². The Morgan fingerprint density at radius 1 is 1.19 bits per heavy atom. The van der Waals surface area contributed by atoms with Crippen LogP contribution in [0.1, 0.15) is 22.9 Å². The molecule has 0 aliphatic carbocycles. The summed E-state index contributed by atoms with van der Waals surface area (Å²) in [5, 5.41) is 6.32. The zero-order valence-corrected chi connectivity index (χ0v) is 16.1. The van der Waals surface area contributed by atoms with Gasteiger partial charge in [-0.2, -0.15) is 0 Å². The number of nitrogens with one attached hydrogen (secondary N) is 2. The molecule has 6 heteroatoms. The summed E-state index contributed by atoms with van der Waals surface area (Å²) in [6.45, 7) is 4.16. The van der Waals surface area contributed by atoms with Gasteiger partial charge in [0.25, 0.3) is 5.91 Å². The first-order valence-electron chi connectivity index (χ1n) is 9.14. The van der Waals surface area contributed by atoms with E-state index < -0.39 is 0 Å². The molecule has 4 rings (SSSR count). The Kier molecular flexibility index (Phi) is 5.01. The van der Waals surface area contributed by atoms with Crippen molar-refractivity contribution >= 4 is 23.1 Å². The number of nitrogens with zero attached hydrogens (tertiary/aromatic N) is 2. The molecule has 1 atom stereocenters. The Hall–Kier alpha value is -2.57. The number of rotatable bonds is 4. The number of carbonyl (C=O) groups excluding carboxylic acids is 1. The smallest absolute Gasteiger partial charge is 0.255 e. The van der Waals surface area contributed by atoms with Gasteiger partial charge in [-0.15, -0.1) is 0 Å². The van der Waals surface area contributed by atoms with E-state index in [2.05, 4.69) is 44.8 Å². The topological polar surface area (TPSA) is 57.3 Å². The molecule has 5 nitrogen and oxygen atoms in total. The summed E-state index contributed by atoms with van der Waals surface area (Å²) in [5.41, 5.74) is 4.77. The molecule has 1 unspecified atom stereocenters. The highest BCUT2D eigenvalue weighted by molar-refractivity contribution is 7.80. The summed E-state index contributed by atoms with van der Waals surface area (Å²) < 4.78 is 0. The van der Waals surface area contributed by atoms with Gasteiger partial charge in [0.1, 0.15) is 0 Å². The molecule has 1 aromatic heterocycles. The van der Waals surface area contributed by atoms with E-state index in [0.717, 1.165) is 35.6 Å². The van der Waals surface area contributed by atoms with Crippen LogP contribution in [0, 0.1) is 6.92 Å². The van der Waals surface area contributed by atoms with Crippen molar-refractivity contribution in [2.75, 3.05) is 19.8 Å². The van der Waals surface area contributed by atoms with Crippen molar-refractivity contribution < 1.29 is 4.79 Å². The molecule has 2 aliphatic heterocycles. The van der Waals surface area contributed by atoms with Crippen LogP contribution < -0.4 is 10.6 Å². The van der Waals surface area contributed by atoms with Crippen molar-refractivity contribution in [3.8, 4) is 0 Å². The molecule has 0 spiro atoms. The van der Waals surface area contributed by atoms with Crippen LogP contribution in [-0.4, -0.2) is 40.5 Å². The lowest BCUT2D eigenvalue weighted by molar-refractivity contribution is -0.116. The molecule has 2 aliphatic rings. The predicted molar refractivity (Wildman–Crippen MR) is 109 cm³/mol. The van der Waals surface area contributed by atoms with Crippen LogP contribution in [0.2, 0.25) is 0 Å². The highest BCUT2D eigenvalue weighted by Crippen LogP contribution is 2.30. The van der Waals surface area contributed by atoms with Crippen LogP contribution in [0.3, 0.4) is 0 Å². The SMILES string of the molecule is Cc1cccc(C2C(=S)NC(=O)C3=C2NCN(CCc2ccccc2)C3)n1. The molecule has 2 aromatic rings. The molecule has 0 saturated carbocycles. The number of hydrogen-bond acceptors (Lipinski definition) is 5. The standard InChI is InChI=1S/C21H22N4OS/c1-14-6-5-9-17(23-14)18-19-16(20(26)24-21(18)27)12-25(13-22-19)11-10-15-7-3-2-4-8-15/h2-9,18,22H,10-13H2,1H3,(H,24,26,27). The highest BCUT2D eigenvalue weighted by atomic mass is 32.1. The van der Waals surface area contributed by atoms with Gasteiger partial charge in [0, 0.05) is 24.5 Å². The molecule has 3 heterocycles. The summed E-state index contributed by atoms with van der Waals surface area (Å²) in [5.74, 6) is -0.292. The summed E-state index contributed by atoms with van der Waals surface area (Å²) in [6, 6.07) is 16.3. The monoisotopic (exact) mass is 378 g/mol. The van der Waals surface area contributed by atoms with Gasteiger partial charge in [0.15, 0.2) is 0 Å². The molecule has 0 saturated heterocycles. The molecule has 1 aromatic carbocycles. The quantitative estimate of drug-likeness (QED) is 0.800. The molecule has 2 N–H and O–H groups in total. The van der Waals surface area contributed by atoms with Crippen molar-refractivity contribution in [3.63, 3.8) is 0 Å². The summed E-state index contributed by atoms with van der Waals surface area (Å²) in [6.07, 6.45) is 0.952. The Morgan fingerprint density at radius 2 is 2.00 bits per heavy atom. The summed E-state index contributed by atoms with van der Waals surface area (Å²) >= 11 is 5.48. The number of hydrogen-bond donors (Lipinski definition) is 2.